The molecule has 0 aliphatic carbocycles. The number of aromatic hydroxyl groups is 1. The molecule has 3 aromatic rings. The van der Waals surface area contributed by atoms with E-state index in [-0.39, 0.29) is 81.9 Å². The van der Waals surface area contributed by atoms with E-state index in [0.29, 0.717) is 49.1 Å². The molecule has 25 heteroatoms. The molecule has 0 saturated carbocycles. The predicted molar refractivity (Wildman–Crippen MR) is 329 cm³/mol. The Balaban J connectivity index is 1.99. The molecular formula is C61H92N12O12S. The molecule has 0 radical (unpaired) electrons. The third-order valence-electron chi connectivity index (χ3n) is 13.9. The van der Waals surface area contributed by atoms with Gasteiger partial charge in [0.15, 0.2) is 0 Å². The quantitative estimate of drug-likeness (QED) is 0.0354. The fourth-order valence-electron chi connectivity index (χ4n) is 9.26. The van der Waals surface area contributed by atoms with Gasteiger partial charge in [0.25, 0.3) is 0 Å². The van der Waals surface area contributed by atoms with Gasteiger partial charge >= 0.3 is 5.97 Å². The first-order valence-electron chi connectivity index (χ1n) is 29.4. The molecule has 0 heterocycles. The van der Waals surface area contributed by atoms with Crippen molar-refractivity contribution in [2.45, 2.75) is 172 Å². The highest BCUT2D eigenvalue weighted by molar-refractivity contribution is 7.98. The molecule has 0 aliphatic rings. The zero-order valence-electron chi connectivity index (χ0n) is 50.1. The second-order valence-electron chi connectivity index (χ2n) is 22.3. The number of hydrogen-bond donors (Lipinski definition) is 14. The number of hydrogen-bond acceptors (Lipinski definition) is 15. The maximum Gasteiger partial charge on any atom is 0.326 e. The van der Waals surface area contributed by atoms with Crippen LogP contribution in [0.2, 0.25) is 0 Å². The largest absolute Gasteiger partial charge is 0.508 e. The molecule has 86 heavy (non-hydrogen) atoms. The molecule has 18 N–H and O–H groups in total. The standard InChI is InChI=1S/C61H92N12O12S/c1-37(2)32-48(70-53(76)43(64)34-39-16-8-6-9-17-39)57(80)71-49(33-38(3)4)58(81)73-50(35-40-18-10-7-11-19-40)59(82)66-44(20-12-14-29-62)54(77)72-51(36-41-22-24-42(74)25-23-41)60(83)67-45(26-27-52(65)75)55(78)68-46(28-31-86-5)56(79)69-47(61(84)85)21-13-15-30-63/h6-11,16-19,22-25,37-38,43-51,74H,12-15,20-21,26-36,62-64H2,1-5H3,(H2,65,75)(H,66,82)(H,67,83)(H,68,78)(H,69,79)(H,70,76)(H,71,80)(H,72,77)(H,73,81)(H,84,85)/t43-,44-,45-,46-,47-,48-,49-,50-,51-/m0/s1. The minimum absolute atomic E-state index is 0.00276. The molecule has 0 spiro atoms. The van der Waals surface area contributed by atoms with E-state index in [4.69, 9.17) is 22.9 Å². The summed E-state index contributed by atoms with van der Waals surface area (Å²) in [6.45, 7) is 8.01. The van der Waals surface area contributed by atoms with E-state index in [2.05, 4.69) is 42.5 Å². The number of nitrogens with two attached hydrogens (primary N) is 4. The molecule has 3 aromatic carbocycles. The van der Waals surface area contributed by atoms with E-state index in [0.717, 1.165) is 5.56 Å². The second-order valence-corrected chi connectivity index (χ2v) is 23.3. The maximum absolute atomic E-state index is 14.8. The Morgan fingerprint density at radius 2 is 0.791 bits per heavy atom. The molecule has 474 valence electrons. The molecule has 9 amide bonds. The van der Waals surface area contributed by atoms with Gasteiger partial charge in [-0.1, -0.05) is 100 Å². The summed E-state index contributed by atoms with van der Waals surface area (Å²) >= 11 is 1.36. The van der Waals surface area contributed by atoms with E-state index in [1.54, 1.807) is 36.6 Å². The number of rotatable bonds is 41. The molecule has 0 unspecified atom stereocenters. The molecule has 3 rings (SSSR count). The number of amides is 9. The van der Waals surface area contributed by atoms with Crippen molar-refractivity contribution in [2.75, 3.05) is 25.1 Å². The van der Waals surface area contributed by atoms with Crippen LogP contribution in [0.15, 0.2) is 84.9 Å². The zero-order chi connectivity index (χ0) is 63.7. The summed E-state index contributed by atoms with van der Waals surface area (Å²) in [5, 5.41) is 41.6. The minimum Gasteiger partial charge on any atom is -0.508 e. The number of primary amides is 1. The normalized spacial score (nSPS) is 14.3. The van der Waals surface area contributed by atoms with Crippen LogP contribution in [0.5, 0.6) is 5.75 Å². The predicted octanol–water partition coefficient (Wildman–Crippen LogP) is 1.08. The van der Waals surface area contributed by atoms with Crippen LogP contribution in [0, 0.1) is 11.8 Å². The summed E-state index contributed by atoms with van der Waals surface area (Å²) in [6, 6.07) is 12.1. The second kappa shape index (κ2) is 39.2. The highest BCUT2D eigenvalue weighted by Gasteiger charge is 2.36. The van der Waals surface area contributed by atoms with Gasteiger partial charge in [0.2, 0.25) is 53.2 Å². The topological polar surface area (TPSA) is 411 Å². The number of nitrogens with one attached hydrogen (secondary N) is 8. The summed E-state index contributed by atoms with van der Waals surface area (Å²) in [6.07, 6.45) is 3.06. The van der Waals surface area contributed by atoms with E-state index >= 15 is 0 Å². The Hall–Kier alpha value is -7.61. The number of carbonyl (C=O) groups is 10. The van der Waals surface area contributed by atoms with Crippen LogP contribution in [-0.4, -0.2) is 149 Å². The average molecular weight is 1220 g/mol. The van der Waals surface area contributed by atoms with Crippen LogP contribution in [-0.2, 0) is 67.2 Å². The third kappa shape index (κ3) is 27.6. The molecule has 9 atom stereocenters. The highest BCUT2D eigenvalue weighted by Crippen LogP contribution is 2.16. The van der Waals surface area contributed by atoms with E-state index in [1.807, 2.05) is 58.0 Å². The Labute approximate surface area is 508 Å². The van der Waals surface area contributed by atoms with Crippen molar-refractivity contribution in [3.8, 4) is 5.75 Å². The Morgan fingerprint density at radius 3 is 1.21 bits per heavy atom. The molecular weight excluding hydrogens is 1120 g/mol. The monoisotopic (exact) mass is 1220 g/mol. The van der Waals surface area contributed by atoms with Gasteiger partial charge in [0.1, 0.15) is 54.1 Å². The van der Waals surface area contributed by atoms with Crippen LogP contribution >= 0.6 is 11.8 Å². The fourth-order valence-corrected chi connectivity index (χ4v) is 9.73. The smallest absolute Gasteiger partial charge is 0.326 e. The van der Waals surface area contributed by atoms with E-state index < -0.39 is 120 Å². The van der Waals surface area contributed by atoms with Crippen molar-refractivity contribution in [3.63, 3.8) is 0 Å². The summed E-state index contributed by atoms with van der Waals surface area (Å²) < 4.78 is 0. The zero-order valence-corrected chi connectivity index (χ0v) is 51.0. The Bertz CT molecular complexity index is 2640. The maximum atomic E-state index is 14.8. The lowest BCUT2D eigenvalue weighted by Gasteiger charge is -2.29. The van der Waals surface area contributed by atoms with Gasteiger partial charge in [-0.2, -0.15) is 11.8 Å². The first kappa shape index (κ1) is 72.6. The van der Waals surface area contributed by atoms with Gasteiger partial charge in [0.05, 0.1) is 6.04 Å². The molecule has 0 saturated heterocycles. The number of phenols is 1. The van der Waals surface area contributed by atoms with Gasteiger partial charge in [-0.25, -0.2) is 4.79 Å². The number of benzene rings is 3. The van der Waals surface area contributed by atoms with Crippen LogP contribution in [0.25, 0.3) is 0 Å². The third-order valence-corrected chi connectivity index (χ3v) is 14.6. The van der Waals surface area contributed by atoms with Crippen molar-refractivity contribution in [2.24, 2.45) is 34.8 Å². The Kier molecular flexibility index (Phi) is 33.1. The highest BCUT2D eigenvalue weighted by atomic mass is 32.2. The molecule has 0 fully saturated rings. The molecule has 0 aromatic heterocycles. The SMILES string of the molecule is CSCC[C@H](NC(=O)[C@H](CCC(N)=O)NC(=O)[C@H](Cc1ccc(O)cc1)NC(=O)[C@H](CCCCN)NC(=O)[C@H](Cc1ccccc1)NC(=O)[C@H](CC(C)C)NC(=O)[C@H](CC(C)C)NC(=O)[C@@H](N)Cc1ccccc1)C(=O)N[C@@H](CCCCN)C(=O)O. The lowest BCUT2D eigenvalue weighted by Crippen LogP contribution is -2.61. The summed E-state index contributed by atoms with van der Waals surface area (Å²) in [5.41, 5.74) is 25.2. The van der Waals surface area contributed by atoms with Crippen molar-refractivity contribution in [1.29, 1.82) is 0 Å². The van der Waals surface area contributed by atoms with E-state index in [1.165, 1.54) is 36.0 Å². The number of carboxylic acids is 1. The average Bonchev–Trinajstić information content (AvgIpc) is 3.45. The van der Waals surface area contributed by atoms with Crippen molar-refractivity contribution < 1.29 is 58.2 Å². The summed E-state index contributed by atoms with van der Waals surface area (Å²) in [4.78, 5) is 138. The van der Waals surface area contributed by atoms with Crippen LogP contribution in [0.4, 0.5) is 0 Å². The van der Waals surface area contributed by atoms with Crippen LogP contribution < -0.4 is 65.5 Å². The van der Waals surface area contributed by atoms with Crippen LogP contribution in [0.1, 0.15) is 115 Å². The number of unbranched alkanes of at least 4 members (excludes halogenated alkanes) is 2. The van der Waals surface area contributed by atoms with E-state index in [9.17, 15) is 58.2 Å². The van der Waals surface area contributed by atoms with Crippen LogP contribution in [0.3, 0.4) is 0 Å². The fraction of sp³-hybridized carbons (Fsp3) is 0.541. The lowest BCUT2D eigenvalue weighted by molar-refractivity contribution is -0.142. The summed E-state index contributed by atoms with van der Waals surface area (Å²) in [5.74, 6) is -8.26. The number of thioether (sulfide) groups is 1. The number of carbonyl (C=O) groups excluding carboxylic acids is 9. The van der Waals surface area contributed by atoms with Crippen molar-refractivity contribution in [3.05, 3.63) is 102 Å². The number of phenolic OH excluding ortho intramolecular Hbond substituents is 1. The van der Waals surface area contributed by atoms with Gasteiger partial charge < -0.3 is 75.7 Å². The minimum atomic E-state index is -1.53. The molecule has 0 bridgehead atoms. The van der Waals surface area contributed by atoms with Gasteiger partial charge in [-0.3, -0.25) is 43.2 Å². The first-order valence-corrected chi connectivity index (χ1v) is 30.8. The van der Waals surface area contributed by atoms with Crippen molar-refractivity contribution >= 4 is 70.9 Å². The molecule has 0 aliphatic heterocycles. The number of carboxylic acid groups (broad SMARTS) is 1. The van der Waals surface area contributed by atoms with Gasteiger partial charge in [0, 0.05) is 19.3 Å². The lowest BCUT2D eigenvalue weighted by atomic mass is 9.98. The molecule has 24 nitrogen and oxygen atoms in total. The Morgan fingerprint density at radius 1 is 0.442 bits per heavy atom. The number of aliphatic carboxylic acids is 1. The van der Waals surface area contributed by atoms with Crippen molar-refractivity contribution in [1.82, 2.24) is 42.5 Å². The van der Waals surface area contributed by atoms with Gasteiger partial charge in [-0.05, 0) is 136 Å². The summed E-state index contributed by atoms with van der Waals surface area (Å²) in [7, 11) is 0. The van der Waals surface area contributed by atoms with Gasteiger partial charge in [-0.15, -0.1) is 0 Å². The first-order chi connectivity index (χ1) is 40.9.